The number of unbranched alkanes of at least 4 members (excludes halogenated alkanes) is 13. The Bertz CT molecular complexity index is 261. The fourth-order valence-corrected chi connectivity index (χ4v) is 2.76. The second kappa shape index (κ2) is 19.3. The Balaban J connectivity index is 3.13. The molecule has 0 rings (SSSR count). The van der Waals surface area contributed by atoms with Crippen LogP contribution in [0.2, 0.25) is 0 Å². The molecule has 0 aliphatic heterocycles. The molecule has 0 bridgehead atoms. The molecule has 0 saturated carbocycles. The number of hydrogen-bond donors (Lipinski definition) is 0. The maximum Gasteiger partial charge on any atom is 0.305 e. The summed E-state index contributed by atoms with van der Waals surface area (Å²) in [6.07, 6.45) is 21.2. The topological polar surface area (TPSA) is 26.3 Å². The Morgan fingerprint density at radius 1 is 0.783 bits per heavy atom. The second-order valence-electron chi connectivity index (χ2n) is 6.64. The second-order valence-corrected chi connectivity index (χ2v) is 6.64. The molecule has 0 aromatic heterocycles. The lowest BCUT2D eigenvalue weighted by Gasteiger charge is -2.05. The van der Waals surface area contributed by atoms with Gasteiger partial charge in [0.25, 0.3) is 0 Å². The Morgan fingerprint density at radius 3 is 1.91 bits per heavy atom. The Morgan fingerprint density at radius 2 is 1.30 bits per heavy atom. The van der Waals surface area contributed by atoms with Crippen LogP contribution < -0.4 is 0 Å². The first kappa shape index (κ1) is 22.2. The highest BCUT2D eigenvalue weighted by atomic mass is 16.5. The molecule has 0 spiro atoms. The van der Waals surface area contributed by atoms with Crippen LogP contribution in [0, 0.1) is 0 Å². The molecule has 0 amide bonds. The fourth-order valence-electron chi connectivity index (χ4n) is 2.76. The average molecular weight is 325 g/mol. The first-order chi connectivity index (χ1) is 11.3. The van der Waals surface area contributed by atoms with Gasteiger partial charge in [-0.1, -0.05) is 83.6 Å². The van der Waals surface area contributed by atoms with Gasteiger partial charge in [0.05, 0.1) is 6.61 Å². The van der Waals surface area contributed by atoms with Gasteiger partial charge in [-0.15, -0.1) is 6.58 Å². The van der Waals surface area contributed by atoms with E-state index >= 15 is 0 Å². The van der Waals surface area contributed by atoms with Crippen molar-refractivity contribution in [3.8, 4) is 0 Å². The predicted molar refractivity (Wildman–Crippen MR) is 101 cm³/mol. The van der Waals surface area contributed by atoms with Gasteiger partial charge >= 0.3 is 5.97 Å². The third-order valence-corrected chi connectivity index (χ3v) is 4.30. The minimum atomic E-state index is -0.00959. The molecule has 0 aliphatic carbocycles. The highest BCUT2D eigenvalue weighted by molar-refractivity contribution is 5.69. The SMILES string of the molecule is C=CCCCCCCC(=O)OCCCCCCCCCCCC. The highest BCUT2D eigenvalue weighted by Gasteiger charge is 2.02. The van der Waals surface area contributed by atoms with Crippen molar-refractivity contribution in [1.82, 2.24) is 0 Å². The standard InChI is InChI=1S/C21H40O2/c1-3-5-7-9-11-12-13-14-16-18-20-23-21(22)19-17-15-10-8-6-4-2/h4H,2-3,5-20H2,1H3. The van der Waals surface area contributed by atoms with Crippen molar-refractivity contribution >= 4 is 5.97 Å². The van der Waals surface area contributed by atoms with Gasteiger partial charge in [-0.25, -0.2) is 0 Å². The molecular formula is C21H40O2. The van der Waals surface area contributed by atoms with Gasteiger partial charge in [-0.3, -0.25) is 4.79 Å². The van der Waals surface area contributed by atoms with Gasteiger partial charge in [0.15, 0.2) is 0 Å². The molecule has 0 radical (unpaired) electrons. The lowest BCUT2D eigenvalue weighted by Crippen LogP contribution is -2.05. The van der Waals surface area contributed by atoms with E-state index in [1.54, 1.807) is 0 Å². The van der Waals surface area contributed by atoms with E-state index < -0.39 is 0 Å². The maximum atomic E-state index is 11.6. The van der Waals surface area contributed by atoms with Crippen LogP contribution in [0.15, 0.2) is 12.7 Å². The van der Waals surface area contributed by atoms with E-state index in [2.05, 4.69) is 13.5 Å². The maximum absolute atomic E-state index is 11.6. The van der Waals surface area contributed by atoms with Gasteiger partial charge in [-0.2, -0.15) is 0 Å². The van der Waals surface area contributed by atoms with Crippen LogP contribution in [0.5, 0.6) is 0 Å². The van der Waals surface area contributed by atoms with E-state index in [-0.39, 0.29) is 5.97 Å². The van der Waals surface area contributed by atoms with E-state index in [0.717, 1.165) is 25.7 Å². The first-order valence-corrected chi connectivity index (χ1v) is 10.1. The molecule has 0 unspecified atom stereocenters. The lowest BCUT2D eigenvalue weighted by atomic mass is 10.1. The number of carbonyl (C=O) groups is 1. The van der Waals surface area contributed by atoms with E-state index in [9.17, 15) is 4.79 Å². The molecule has 136 valence electrons. The summed E-state index contributed by atoms with van der Waals surface area (Å²) in [6, 6.07) is 0. The summed E-state index contributed by atoms with van der Waals surface area (Å²) in [5.41, 5.74) is 0. The number of rotatable bonds is 18. The summed E-state index contributed by atoms with van der Waals surface area (Å²) >= 11 is 0. The van der Waals surface area contributed by atoms with Crippen molar-refractivity contribution < 1.29 is 9.53 Å². The van der Waals surface area contributed by atoms with Crippen molar-refractivity contribution in [1.29, 1.82) is 0 Å². The zero-order chi connectivity index (χ0) is 17.0. The molecule has 2 nitrogen and oxygen atoms in total. The van der Waals surface area contributed by atoms with Gasteiger partial charge in [-0.05, 0) is 25.7 Å². The molecule has 0 heterocycles. The van der Waals surface area contributed by atoms with E-state index in [4.69, 9.17) is 4.74 Å². The van der Waals surface area contributed by atoms with Crippen molar-refractivity contribution in [2.45, 2.75) is 110 Å². The van der Waals surface area contributed by atoms with Gasteiger partial charge in [0, 0.05) is 6.42 Å². The van der Waals surface area contributed by atoms with Crippen LogP contribution >= 0.6 is 0 Å². The molecule has 0 aliphatic rings. The molecular weight excluding hydrogens is 284 g/mol. The third-order valence-electron chi connectivity index (χ3n) is 4.30. The van der Waals surface area contributed by atoms with E-state index in [1.807, 2.05) is 6.08 Å². The summed E-state index contributed by atoms with van der Waals surface area (Å²) in [7, 11) is 0. The van der Waals surface area contributed by atoms with Gasteiger partial charge in [0.2, 0.25) is 0 Å². The van der Waals surface area contributed by atoms with Crippen LogP contribution in [-0.2, 0) is 9.53 Å². The Kier molecular flexibility index (Phi) is 18.6. The van der Waals surface area contributed by atoms with Crippen molar-refractivity contribution in [2.24, 2.45) is 0 Å². The minimum absolute atomic E-state index is 0.00959. The van der Waals surface area contributed by atoms with E-state index in [0.29, 0.717) is 13.0 Å². The summed E-state index contributed by atoms with van der Waals surface area (Å²) < 4.78 is 5.29. The molecule has 0 atom stereocenters. The molecule has 0 aromatic rings. The lowest BCUT2D eigenvalue weighted by molar-refractivity contribution is -0.143. The number of allylic oxidation sites excluding steroid dienone is 1. The number of carbonyl (C=O) groups excluding carboxylic acids is 1. The molecule has 0 fully saturated rings. The monoisotopic (exact) mass is 324 g/mol. The predicted octanol–water partition coefficient (Wildman–Crippen LogP) is 6.98. The summed E-state index contributed by atoms with van der Waals surface area (Å²) in [6.45, 7) is 6.59. The first-order valence-electron chi connectivity index (χ1n) is 10.1. The minimum Gasteiger partial charge on any atom is -0.466 e. The van der Waals surface area contributed by atoms with Crippen LogP contribution in [0.3, 0.4) is 0 Å². The van der Waals surface area contributed by atoms with Crippen LogP contribution in [-0.4, -0.2) is 12.6 Å². The van der Waals surface area contributed by atoms with Crippen LogP contribution in [0.1, 0.15) is 110 Å². The van der Waals surface area contributed by atoms with Crippen LogP contribution in [0.4, 0.5) is 0 Å². The molecule has 0 aromatic carbocycles. The summed E-state index contributed by atoms with van der Waals surface area (Å²) in [5, 5.41) is 0. The van der Waals surface area contributed by atoms with Crippen molar-refractivity contribution in [3.63, 3.8) is 0 Å². The Hall–Kier alpha value is -0.790. The highest BCUT2D eigenvalue weighted by Crippen LogP contribution is 2.11. The average Bonchev–Trinajstić information content (AvgIpc) is 2.56. The van der Waals surface area contributed by atoms with Crippen molar-refractivity contribution in [2.75, 3.05) is 6.61 Å². The van der Waals surface area contributed by atoms with Crippen molar-refractivity contribution in [3.05, 3.63) is 12.7 Å². The van der Waals surface area contributed by atoms with Gasteiger partial charge in [0.1, 0.15) is 0 Å². The molecule has 0 N–H and O–H groups in total. The smallest absolute Gasteiger partial charge is 0.305 e. The quantitative estimate of drug-likeness (QED) is 0.154. The third kappa shape index (κ3) is 19.2. The molecule has 23 heavy (non-hydrogen) atoms. The fraction of sp³-hybridized carbons (Fsp3) is 0.857. The number of esters is 1. The van der Waals surface area contributed by atoms with E-state index in [1.165, 1.54) is 70.6 Å². The molecule has 2 heteroatoms. The number of ether oxygens (including phenoxy) is 1. The summed E-state index contributed by atoms with van der Waals surface area (Å²) in [5.74, 6) is -0.00959. The zero-order valence-electron chi connectivity index (χ0n) is 15.6. The summed E-state index contributed by atoms with van der Waals surface area (Å²) in [4.78, 5) is 11.6. The Labute approximate surface area is 145 Å². The normalized spacial score (nSPS) is 10.7. The van der Waals surface area contributed by atoms with Crippen LogP contribution in [0.25, 0.3) is 0 Å². The largest absolute Gasteiger partial charge is 0.466 e. The zero-order valence-corrected chi connectivity index (χ0v) is 15.6. The van der Waals surface area contributed by atoms with Gasteiger partial charge < -0.3 is 4.74 Å². The molecule has 0 saturated heterocycles. The number of hydrogen-bond acceptors (Lipinski definition) is 2.